The van der Waals surface area contributed by atoms with Crippen LogP contribution in [0.3, 0.4) is 0 Å². The van der Waals surface area contributed by atoms with Gasteiger partial charge in [-0.25, -0.2) is 0 Å². The van der Waals surface area contributed by atoms with E-state index in [2.05, 4.69) is 12.1 Å². The zero-order valence-electron chi connectivity index (χ0n) is 17.5. The highest BCUT2D eigenvalue weighted by Gasteiger charge is 2.19. The normalized spacial score (nSPS) is 10.9. The van der Waals surface area contributed by atoms with Crippen molar-refractivity contribution in [2.24, 2.45) is 0 Å². The lowest BCUT2D eigenvalue weighted by Crippen LogP contribution is -2.26. The topological polar surface area (TPSA) is 40.5 Å². The van der Waals surface area contributed by atoms with E-state index in [1.165, 1.54) is 0 Å². The molecule has 0 unspecified atom stereocenters. The van der Waals surface area contributed by atoms with Gasteiger partial charge in [-0.2, -0.15) is 0 Å². The lowest BCUT2D eigenvalue weighted by atomic mass is 9.97. The lowest BCUT2D eigenvalue weighted by molar-refractivity contribution is 0.397. The first-order valence-electron chi connectivity index (χ1n) is 9.98. The van der Waals surface area contributed by atoms with Gasteiger partial charge in [0.25, 0.3) is 5.56 Å². The molecule has 30 heavy (non-hydrogen) atoms. The highest BCUT2D eigenvalue weighted by molar-refractivity contribution is 5.91. The maximum Gasteiger partial charge on any atom is 0.255 e. The summed E-state index contributed by atoms with van der Waals surface area (Å²) in [6.45, 7) is 2.48. The Labute approximate surface area is 176 Å². The van der Waals surface area contributed by atoms with E-state index in [4.69, 9.17) is 9.47 Å². The molecule has 0 radical (unpaired) electrons. The van der Waals surface area contributed by atoms with E-state index in [0.29, 0.717) is 24.5 Å². The molecule has 3 aromatic carbocycles. The number of pyridine rings is 1. The molecule has 0 bridgehead atoms. The van der Waals surface area contributed by atoms with Gasteiger partial charge in [0.15, 0.2) is 0 Å². The molecule has 0 saturated carbocycles. The van der Waals surface area contributed by atoms with Crippen molar-refractivity contribution < 1.29 is 9.47 Å². The van der Waals surface area contributed by atoms with Gasteiger partial charge in [0.1, 0.15) is 11.5 Å². The smallest absolute Gasteiger partial charge is 0.255 e. The van der Waals surface area contributed by atoms with E-state index in [-0.39, 0.29) is 5.56 Å². The molecule has 0 aliphatic carbocycles. The first-order valence-corrected chi connectivity index (χ1v) is 9.98. The van der Waals surface area contributed by atoms with Crippen LogP contribution in [0, 0.1) is 6.92 Å². The maximum absolute atomic E-state index is 13.7. The second kappa shape index (κ2) is 8.46. The third kappa shape index (κ3) is 3.69. The Morgan fingerprint density at radius 2 is 1.47 bits per heavy atom. The van der Waals surface area contributed by atoms with Crippen LogP contribution in [-0.2, 0) is 13.0 Å². The number of fused-ring (bicyclic) bond motifs is 1. The van der Waals surface area contributed by atoms with E-state index in [9.17, 15) is 4.79 Å². The summed E-state index contributed by atoms with van der Waals surface area (Å²) in [7, 11) is 3.27. The van der Waals surface area contributed by atoms with Gasteiger partial charge in [-0.1, -0.05) is 60.7 Å². The highest BCUT2D eigenvalue weighted by atomic mass is 16.5. The van der Waals surface area contributed by atoms with Crippen LogP contribution in [0.1, 0.15) is 22.3 Å². The van der Waals surface area contributed by atoms with Gasteiger partial charge in [0.05, 0.1) is 26.3 Å². The summed E-state index contributed by atoms with van der Waals surface area (Å²) < 4.78 is 13.0. The molecule has 4 heteroatoms. The number of hydrogen-bond acceptors (Lipinski definition) is 3. The van der Waals surface area contributed by atoms with E-state index in [1.54, 1.807) is 14.2 Å². The molecule has 4 rings (SSSR count). The first kappa shape index (κ1) is 19.8. The van der Waals surface area contributed by atoms with Crippen LogP contribution < -0.4 is 15.0 Å². The van der Waals surface area contributed by atoms with Crippen molar-refractivity contribution in [2.45, 2.75) is 19.9 Å². The van der Waals surface area contributed by atoms with Gasteiger partial charge in [-0.15, -0.1) is 0 Å². The maximum atomic E-state index is 13.7. The quantitative estimate of drug-likeness (QED) is 0.460. The van der Waals surface area contributed by atoms with E-state index in [1.807, 2.05) is 72.2 Å². The number of ether oxygens (including phenoxy) is 2. The lowest BCUT2D eigenvalue weighted by Gasteiger charge is -2.19. The van der Waals surface area contributed by atoms with Crippen molar-refractivity contribution in [1.82, 2.24) is 4.57 Å². The average molecular weight is 399 g/mol. The summed E-state index contributed by atoms with van der Waals surface area (Å²) in [6.07, 6.45) is 0.575. The molecule has 0 saturated heterocycles. The van der Waals surface area contributed by atoms with Gasteiger partial charge >= 0.3 is 0 Å². The summed E-state index contributed by atoms with van der Waals surface area (Å²) in [4.78, 5) is 13.7. The minimum atomic E-state index is 0.0167. The third-order valence-corrected chi connectivity index (χ3v) is 5.54. The van der Waals surface area contributed by atoms with Crippen molar-refractivity contribution in [2.75, 3.05) is 14.2 Å². The molecule has 0 amide bonds. The SMILES string of the molecule is COc1cc(OC)c2c(C)c(Cc3ccccc3)c(=O)n(Cc3ccccc3)c2c1. The largest absolute Gasteiger partial charge is 0.497 e. The molecule has 152 valence electrons. The zero-order chi connectivity index (χ0) is 21.1. The first-order chi connectivity index (χ1) is 14.6. The number of nitrogens with zero attached hydrogens (tertiary/aromatic N) is 1. The van der Waals surface area contributed by atoms with Crippen molar-refractivity contribution in [3.63, 3.8) is 0 Å². The summed E-state index contributed by atoms with van der Waals surface area (Å²) in [6, 6.07) is 23.9. The number of aromatic nitrogens is 1. The van der Waals surface area contributed by atoms with Gasteiger partial charge in [-0.3, -0.25) is 4.79 Å². The number of aryl methyl sites for hydroxylation is 1. The van der Waals surface area contributed by atoms with Gasteiger partial charge < -0.3 is 14.0 Å². The van der Waals surface area contributed by atoms with Gasteiger partial charge in [-0.05, 0) is 23.6 Å². The number of rotatable bonds is 6. The van der Waals surface area contributed by atoms with Crippen LogP contribution in [0.15, 0.2) is 77.6 Å². The predicted octanol–water partition coefficient (Wildman–Crippen LogP) is 4.97. The van der Waals surface area contributed by atoms with E-state index >= 15 is 0 Å². The third-order valence-electron chi connectivity index (χ3n) is 5.54. The Kier molecular flexibility index (Phi) is 5.57. The van der Waals surface area contributed by atoms with Crippen molar-refractivity contribution >= 4 is 10.9 Å². The standard InChI is InChI=1S/C26H25NO3/c1-18-22(14-19-10-6-4-7-11-19)26(28)27(17-20-12-8-5-9-13-20)23-15-21(29-2)16-24(30-3)25(18)23/h4-13,15-16H,14,17H2,1-3H3. The van der Waals surface area contributed by atoms with Crippen molar-refractivity contribution in [3.05, 3.63) is 105 Å². The second-order valence-corrected chi connectivity index (χ2v) is 7.37. The minimum Gasteiger partial charge on any atom is -0.497 e. The fraction of sp³-hybridized carbons (Fsp3) is 0.192. The monoisotopic (exact) mass is 399 g/mol. The summed E-state index contributed by atoms with van der Waals surface area (Å²) in [5, 5.41) is 0.944. The molecule has 0 atom stereocenters. The summed E-state index contributed by atoms with van der Waals surface area (Å²) in [5.74, 6) is 1.37. The van der Waals surface area contributed by atoms with E-state index < -0.39 is 0 Å². The Bertz CT molecular complexity index is 1230. The van der Waals surface area contributed by atoms with Crippen LogP contribution in [0.4, 0.5) is 0 Å². The van der Waals surface area contributed by atoms with E-state index in [0.717, 1.165) is 33.2 Å². The Morgan fingerprint density at radius 1 is 0.833 bits per heavy atom. The van der Waals surface area contributed by atoms with Crippen LogP contribution in [0.2, 0.25) is 0 Å². The predicted molar refractivity (Wildman–Crippen MR) is 121 cm³/mol. The Balaban J connectivity index is 2.01. The fourth-order valence-corrected chi connectivity index (χ4v) is 3.96. The van der Waals surface area contributed by atoms with Gasteiger partial charge in [0, 0.05) is 29.5 Å². The highest BCUT2D eigenvalue weighted by Crippen LogP contribution is 2.34. The summed E-state index contributed by atoms with van der Waals surface area (Å²) in [5.41, 5.74) is 4.74. The molecular weight excluding hydrogens is 374 g/mol. The van der Waals surface area contributed by atoms with Crippen LogP contribution in [-0.4, -0.2) is 18.8 Å². The molecule has 1 heterocycles. The molecular formula is C26H25NO3. The minimum absolute atomic E-state index is 0.0167. The summed E-state index contributed by atoms with van der Waals surface area (Å²) >= 11 is 0. The Morgan fingerprint density at radius 3 is 2.07 bits per heavy atom. The Hall–Kier alpha value is -3.53. The number of hydrogen-bond donors (Lipinski definition) is 0. The fourth-order valence-electron chi connectivity index (χ4n) is 3.96. The van der Waals surface area contributed by atoms with Crippen molar-refractivity contribution in [1.29, 1.82) is 0 Å². The molecule has 4 aromatic rings. The van der Waals surface area contributed by atoms with Crippen LogP contribution in [0.5, 0.6) is 11.5 Å². The van der Waals surface area contributed by atoms with Crippen LogP contribution in [0.25, 0.3) is 10.9 Å². The average Bonchev–Trinajstić information content (AvgIpc) is 2.80. The van der Waals surface area contributed by atoms with Crippen LogP contribution >= 0.6 is 0 Å². The molecule has 0 N–H and O–H groups in total. The molecule has 1 aromatic heterocycles. The second-order valence-electron chi connectivity index (χ2n) is 7.37. The molecule has 0 aliphatic heterocycles. The molecule has 0 fully saturated rings. The number of benzene rings is 3. The molecule has 0 spiro atoms. The molecule has 4 nitrogen and oxygen atoms in total. The van der Waals surface area contributed by atoms with Crippen molar-refractivity contribution in [3.8, 4) is 11.5 Å². The number of methoxy groups -OCH3 is 2. The van der Waals surface area contributed by atoms with Gasteiger partial charge in [0.2, 0.25) is 0 Å². The molecule has 0 aliphatic rings. The zero-order valence-corrected chi connectivity index (χ0v) is 17.5.